The highest BCUT2D eigenvalue weighted by molar-refractivity contribution is 5.14. The molecule has 1 aliphatic carbocycles. The van der Waals surface area contributed by atoms with E-state index in [4.69, 9.17) is 5.73 Å². The highest BCUT2D eigenvalue weighted by Crippen LogP contribution is 2.16. The first-order chi connectivity index (χ1) is 7.36. The number of hydrogen-bond acceptors (Lipinski definition) is 2. The van der Waals surface area contributed by atoms with E-state index in [2.05, 4.69) is 35.6 Å². The van der Waals surface area contributed by atoms with Crippen molar-refractivity contribution in [2.45, 2.75) is 37.8 Å². The SMILES string of the molecule is N[C@H]1CCC[C@@H]1NCCc1ccccc1. The van der Waals surface area contributed by atoms with E-state index < -0.39 is 0 Å². The number of nitrogens with one attached hydrogen (secondary N) is 1. The molecule has 0 radical (unpaired) electrons. The van der Waals surface area contributed by atoms with Crippen LogP contribution in [0.5, 0.6) is 0 Å². The molecule has 2 nitrogen and oxygen atoms in total. The van der Waals surface area contributed by atoms with Gasteiger partial charge in [0.05, 0.1) is 0 Å². The van der Waals surface area contributed by atoms with Gasteiger partial charge in [-0.05, 0) is 31.4 Å². The topological polar surface area (TPSA) is 38.0 Å². The van der Waals surface area contributed by atoms with Crippen LogP contribution in [0, 0.1) is 0 Å². The van der Waals surface area contributed by atoms with Crippen molar-refractivity contribution in [2.75, 3.05) is 6.54 Å². The molecule has 1 aromatic rings. The Labute approximate surface area is 91.9 Å². The minimum atomic E-state index is 0.376. The van der Waals surface area contributed by atoms with Gasteiger partial charge in [-0.25, -0.2) is 0 Å². The second-order valence-corrected chi connectivity index (χ2v) is 4.39. The summed E-state index contributed by atoms with van der Waals surface area (Å²) in [5.74, 6) is 0. The van der Waals surface area contributed by atoms with Crippen molar-refractivity contribution in [3.63, 3.8) is 0 Å². The van der Waals surface area contributed by atoms with Crippen molar-refractivity contribution in [1.29, 1.82) is 0 Å². The molecule has 1 aliphatic rings. The van der Waals surface area contributed by atoms with Crippen molar-refractivity contribution in [1.82, 2.24) is 5.32 Å². The fourth-order valence-corrected chi connectivity index (χ4v) is 2.29. The second-order valence-electron chi connectivity index (χ2n) is 4.39. The van der Waals surface area contributed by atoms with Crippen molar-refractivity contribution in [2.24, 2.45) is 5.73 Å². The molecule has 82 valence electrons. The summed E-state index contributed by atoms with van der Waals surface area (Å²) < 4.78 is 0. The molecule has 1 saturated carbocycles. The summed E-state index contributed by atoms with van der Waals surface area (Å²) in [6, 6.07) is 11.5. The van der Waals surface area contributed by atoms with Gasteiger partial charge >= 0.3 is 0 Å². The maximum atomic E-state index is 6.00. The van der Waals surface area contributed by atoms with Gasteiger partial charge in [-0.15, -0.1) is 0 Å². The third kappa shape index (κ3) is 3.05. The lowest BCUT2D eigenvalue weighted by Gasteiger charge is -2.16. The van der Waals surface area contributed by atoms with Crippen molar-refractivity contribution in [3.05, 3.63) is 35.9 Å². The van der Waals surface area contributed by atoms with Crippen LogP contribution in [0.3, 0.4) is 0 Å². The zero-order valence-corrected chi connectivity index (χ0v) is 9.15. The standard InChI is InChI=1S/C13H20N2/c14-12-7-4-8-13(12)15-10-9-11-5-2-1-3-6-11/h1-3,5-6,12-13,15H,4,7-10,14H2/t12-,13-/m0/s1. The number of benzene rings is 1. The largest absolute Gasteiger partial charge is 0.326 e. The smallest absolute Gasteiger partial charge is 0.0219 e. The summed E-state index contributed by atoms with van der Waals surface area (Å²) in [5, 5.41) is 3.55. The number of rotatable bonds is 4. The molecule has 2 rings (SSSR count). The summed E-state index contributed by atoms with van der Waals surface area (Å²) in [6.45, 7) is 1.04. The molecule has 0 unspecified atom stereocenters. The molecule has 0 saturated heterocycles. The predicted molar refractivity (Wildman–Crippen MR) is 63.8 cm³/mol. The Morgan fingerprint density at radius 1 is 1.20 bits per heavy atom. The summed E-state index contributed by atoms with van der Waals surface area (Å²) in [4.78, 5) is 0. The Morgan fingerprint density at radius 3 is 2.67 bits per heavy atom. The number of nitrogens with two attached hydrogens (primary N) is 1. The van der Waals surface area contributed by atoms with Gasteiger partial charge in [-0.2, -0.15) is 0 Å². The Morgan fingerprint density at radius 2 is 2.00 bits per heavy atom. The van der Waals surface area contributed by atoms with Crippen LogP contribution in [-0.4, -0.2) is 18.6 Å². The summed E-state index contributed by atoms with van der Waals surface area (Å²) in [6.07, 6.45) is 4.81. The van der Waals surface area contributed by atoms with Gasteiger partial charge in [0.25, 0.3) is 0 Å². The fraction of sp³-hybridized carbons (Fsp3) is 0.538. The molecule has 0 amide bonds. The fourth-order valence-electron chi connectivity index (χ4n) is 2.29. The van der Waals surface area contributed by atoms with Gasteiger partial charge in [0.15, 0.2) is 0 Å². The minimum absolute atomic E-state index is 0.376. The van der Waals surface area contributed by atoms with Crippen LogP contribution in [0.25, 0.3) is 0 Å². The molecule has 2 heteroatoms. The number of hydrogen-bond donors (Lipinski definition) is 2. The van der Waals surface area contributed by atoms with Gasteiger partial charge in [0, 0.05) is 12.1 Å². The summed E-state index contributed by atoms with van der Waals surface area (Å²) >= 11 is 0. The van der Waals surface area contributed by atoms with Crippen LogP contribution in [0.2, 0.25) is 0 Å². The quantitative estimate of drug-likeness (QED) is 0.783. The lowest BCUT2D eigenvalue weighted by atomic mass is 10.1. The van der Waals surface area contributed by atoms with Crippen LogP contribution < -0.4 is 11.1 Å². The third-order valence-corrected chi connectivity index (χ3v) is 3.23. The van der Waals surface area contributed by atoms with Crippen LogP contribution in [0.15, 0.2) is 30.3 Å². The molecule has 2 atom stereocenters. The van der Waals surface area contributed by atoms with Crippen molar-refractivity contribution < 1.29 is 0 Å². The molecule has 0 spiro atoms. The molecule has 3 N–H and O–H groups in total. The van der Waals surface area contributed by atoms with Crippen LogP contribution in [0.4, 0.5) is 0 Å². The van der Waals surface area contributed by atoms with Crippen LogP contribution in [0.1, 0.15) is 24.8 Å². The maximum absolute atomic E-state index is 6.00. The summed E-state index contributed by atoms with van der Waals surface area (Å²) in [5.41, 5.74) is 7.40. The van der Waals surface area contributed by atoms with E-state index in [1.54, 1.807) is 0 Å². The minimum Gasteiger partial charge on any atom is -0.326 e. The first-order valence-electron chi connectivity index (χ1n) is 5.89. The van der Waals surface area contributed by atoms with E-state index in [0.29, 0.717) is 12.1 Å². The molecule has 0 heterocycles. The average molecular weight is 204 g/mol. The Kier molecular flexibility index (Phi) is 3.75. The van der Waals surface area contributed by atoms with E-state index in [9.17, 15) is 0 Å². The van der Waals surface area contributed by atoms with E-state index in [-0.39, 0.29) is 0 Å². The van der Waals surface area contributed by atoms with Gasteiger partial charge in [0.2, 0.25) is 0 Å². The molecule has 15 heavy (non-hydrogen) atoms. The predicted octanol–water partition coefficient (Wildman–Crippen LogP) is 1.70. The Balaban J connectivity index is 1.71. The van der Waals surface area contributed by atoms with Crippen molar-refractivity contribution in [3.8, 4) is 0 Å². The Hall–Kier alpha value is -0.860. The second kappa shape index (κ2) is 5.29. The lowest BCUT2D eigenvalue weighted by molar-refractivity contribution is 0.479. The molecular weight excluding hydrogens is 184 g/mol. The molecule has 0 aliphatic heterocycles. The van der Waals surface area contributed by atoms with Gasteiger partial charge in [-0.1, -0.05) is 36.8 Å². The van der Waals surface area contributed by atoms with Crippen LogP contribution >= 0.6 is 0 Å². The van der Waals surface area contributed by atoms with E-state index in [0.717, 1.165) is 13.0 Å². The maximum Gasteiger partial charge on any atom is 0.0219 e. The Bertz CT molecular complexity index is 284. The zero-order valence-electron chi connectivity index (χ0n) is 9.15. The summed E-state index contributed by atoms with van der Waals surface area (Å²) in [7, 11) is 0. The first-order valence-corrected chi connectivity index (χ1v) is 5.89. The lowest BCUT2D eigenvalue weighted by Crippen LogP contribution is -2.41. The van der Waals surface area contributed by atoms with Gasteiger partial charge in [-0.3, -0.25) is 0 Å². The highest BCUT2D eigenvalue weighted by Gasteiger charge is 2.22. The monoisotopic (exact) mass is 204 g/mol. The third-order valence-electron chi connectivity index (χ3n) is 3.23. The zero-order chi connectivity index (χ0) is 10.5. The first kappa shape index (κ1) is 10.7. The van der Waals surface area contributed by atoms with Gasteiger partial charge < -0.3 is 11.1 Å². The molecule has 1 aromatic carbocycles. The highest BCUT2D eigenvalue weighted by atomic mass is 15.0. The molecule has 0 aromatic heterocycles. The normalized spacial score (nSPS) is 25.7. The molecule has 1 fully saturated rings. The van der Waals surface area contributed by atoms with E-state index in [1.165, 1.54) is 24.8 Å². The van der Waals surface area contributed by atoms with Crippen LogP contribution in [-0.2, 0) is 6.42 Å². The van der Waals surface area contributed by atoms with Gasteiger partial charge in [0.1, 0.15) is 0 Å². The molecule has 0 bridgehead atoms. The molecular formula is C13H20N2. The van der Waals surface area contributed by atoms with E-state index in [1.807, 2.05) is 0 Å². The van der Waals surface area contributed by atoms with Crippen molar-refractivity contribution >= 4 is 0 Å². The van der Waals surface area contributed by atoms with E-state index >= 15 is 0 Å². The average Bonchev–Trinajstić information content (AvgIpc) is 2.66.